The molecule has 0 fully saturated rings. The van der Waals surface area contributed by atoms with Crippen molar-refractivity contribution in [2.24, 2.45) is 0 Å². The standard InChI is InChI=1S/C20H24N2O3.C19H25FN2O3/c1-6-7-8-22-17(16(12(2)3)19(24)21-20(22)25)18(23)15-10-13(4)9-14(5)11-15;1-6-25-10-22-17(15(11(2)3)18(23)21-19(22)24)16(20)14-8-12(4)7-13(5)9-14/h6-7,9-12H,8H2,1-5H3,(H,21,24,25);7-9,11,16H,6,10H2,1-5H3,(H,21,23,24)/b7-6+;. The molecule has 0 radical (unpaired) electrons. The molecular formula is C39H49FN4O6. The fraction of sp³-hybridized carbons (Fsp3) is 0.410. The summed E-state index contributed by atoms with van der Waals surface area (Å²) in [6.45, 7) is 19.0. The number of nitrogens with one attached hydrogen (secondary N) is 2. The summed E-state index contributed by atoms with van der Waals surface area (Å²) >= 11 is 0. The van der Waals surface area contributed by atoms with Crippen LogP contribution in [0.3, 0.4) is 0 Å². The Morgan fingerprint density at radius 1 is 0.780 bits per heavy atom. The first-order valence-electron chi connectivity index (χ1n) is 16.8. The number of halogens is 1. The van der Waals surface area contributed by atoms with E-state index in [4.69, 9.17) is 4.74 Å². The number of ether oxygens (including phenoxy) is 1. The minimum atomic E-state index is -1.59. The number of hydrogen-bond acceptors (Lipinski definition) is 6. The quantitative estimate of drug-likeness (QED) is 0.138. The third-order valence-electron chi connectivity index (χ3n) is 8.09. The van der Waals surface area contributed by atoms with Crippen LogP contribution in [-0.4, -0.2) is 31.5 Å². The predicted molar refractivity (Wildman–Crippen MR) is 195 cm³/mol. The Morgan fingerprint density at radius 3 is 1.74 bits per heavy atom. The molecule has 0 amide bonds. The number of carbonyl (C=O) groups is 1. The molecule has 11 heteroatoms. The van der Waals surface area contributed by atoms with Crippen LogP contribution in [0.25, 0.3) is 0 Å². The second-order valence-corrected chi connectivity index (χ2v) is 13.1. The van der Waals surface area contributed by atoms with Gasteiger partial charge in [-0.15, -0.1) is 0 Å². The summed E-state index contributed by atoms with van der Waals surface area (Å²) in [6, 6.07) is 11.0. The zero-order chi connectivity index (χ0) is 37.4. The summed E-state index contributed by atoms with van der Waals surface area (Å²) in [4.78, 5) is 67.1. The van der Waals surface area contributed by atoms with Crippen molar-refractivity contribution in [1.82, 2.24) is 19.1 Å². The SMILES string of the molecule is C/C=C/Cn1c(C(=O)c2cc(C)cc(C)c2)c(C(C)C)c(=O)[nH]c1=O.CCOCn1c(C(F)c2cc(C)cc(C)c2)c(C(C)C)c(=O)[nH]c1=O. The van der Waals surface area contributed by atoms with Crippen molar-refractivity contribution < 1.29 is 13.9 Å². The largest absolute Gasteiger partial charge is 0.361 e. The number of allylic oxidation sites excluding steroid dienone is 2. The summed E-state index contributed by atoms with van der Waals surface area (Å²) in [6.07, 6.45) is 1.99. The monoisotopic (exact) mass is 688 g/mol. The van der Waals surface area contributed by atoms with Gasteiger partial charge >= 0.3 is 11.4 Å². The number of H-pyrrole nitrogens is 2. The highest BCUT2D eigenvalue weighted by Gasteiger charge is 2.27. The molecule has 268 valence electrons. The Hall–Kier alpha value is -4.90. The molecule has 2 N–H and O–H groups in total. The van der Waals surface area contributed by atoms with E-state index in [1.807, 2.05) is 60.6 Å². The molecule has 4 rings (SSSR count). The topological polar surface area (TPSA) is 136 Å². The van der Waals surface area contributed by atoms with Crippen LogP contribution in [0.4, 0.5) is 4.39 Å². The smallest absolute Gasteiger partial charge is 0.330 e. The van der Waals surface area contributed by atoms with Crippen LogP contribution < -0.4 is 22.5 Å². The van der Waals surface area contributed by atoms with Crippen LogP contribution in [0.1, 0.15) is 120 Å². The number of rotatable bonds is 11. The number of alkyl halides is 1. The second-order valence-electron chi connectivity index (χ2n) is 13.1. The fourth-order valence-corrected chi connectivity index (χ4v) is 6.05. The Balaban J connectivity index is 0.000000270. The Bertz CT molecular complexity index is 2080. The lowest BCUT2D eigenvalue weighted by molar-refractivity contribution is 0.0792. The van der Waals surface area contributed by atoms with Gasteiger partial charge in [-0.3, -0.25) is 33.5 Å². The van der Waals surface area contributed by atoms with E-state index in [1.54, 1.807) is 57.2 Å². The highest BCUT2D eigenvalue weighted by atomic mass is 19.1. The minimum absolute atomic E-state index is 0.0715. The van der Waals surface area contributed by atoms with Gasteiger partial charge in [0.05, 0.1) is 5.69 Å². The average molecular weight is 689 g/mol. The zero-order valence-electron chi connectivity index (χ0n) is 30.7. The van der Waals surface area contributed by atoms with Crippen LogP contribution in [-0.2, 0) is 18.0 Å². The van der Waals surface area contributed by atoms with E-state index < -0.39 is 28.7 Å². The lowest BCUT2D eigenvalue weighted by atomic mass is 9.95. The molecule has 4 aromatic rings. The van der Waals surface area contributed by atoms with Gasteiger partial charge in [0, 0.05) is 29.8 Å². The van der Waals surface area contributed by atoms with Crippen LogP contribution in [0.15, 0.2) is 67.7 Å². The van der Waals surface area contributed by atoms with Crippen molar-refractivity contribution in [1.29, 1.82) is 0 Å². The molecule has 0 bridgehead atoms. The highest BCUT2D eigenvalue weighted by Crippen LogP contribution is 2.31. The molecule has 0 saturated heterocycles. The first-order valence-corrected chi connectivity index (χ1v) is 16.8. The summed E-state index contributed by atoms with van der Waals surface area (Å²) in [5.41, 5.74) is 3.26. The molecular weight excluding hydrogens is 639 g/mol. The van der Waals surface area contributed by atoms with E-state index in [1.165, 1.54) is 9.13 Å². The van der Waals surface area contributed by atoms with Crippen LogP contribution >= 0.6 is 0 Å². The molecule has 0 aliphatic rings. The number of nitrogens with zero attached hydrogens (tertiary/aromatic N) is 2. The second kappa shape index (κ2) is 17.2. The first-order chi connectivity index (χ1) is 23.5. The lowest BCUT2D eigenvalue weighted by Crippen LogP contribution is -2.37. The third kappa shape index (κ3) is 9.20. The number of aromatic amines is 2. The average Bonchev–Trinajstić information content (AvgIpc) is 3.01. The molecule has 2 aromatic heterocycles. The maximum Gasteiger partial charge on any atom is 0.330 e. The molecule has 0 aliphatic carbocycles. The van der Waals surface area contributed by atoms with Gasteiger partial charge < -0.3 is 4.74 Å². The van der Waals surface area contributed by atoms with E-state index in [2.05, 4.69) is 9.97 Å². The van der Waals surface area contributed by atoms with Crippen LogP contribution in [0.5, 0.6) is 0 Å². The molecule has 0 aliphatic heterocycles. The molecule has 2 heterocycles. The van der Waals surface area contributed by atoms with Crippen molar-refractivity contribution >= 4 is 5.78 Å². The van der Waals surface area contributed by atoms with E-state index in [-0.39, 0.29) is 47.8 Å². The molecule has 50 heavy (non-hydrogen) atoms. The lowest BCUT2D eigenvalue weighted by Gasteiger charge is -2.21. The summed E-state index contributed by atoms with van der Waals surface area (Å²) in [5.74, 6) is -0.731. The van der Waals surface area contributed by atoms with Gasteiger partial charge in [0.25, 0.3) is 11.1 Å². The van der Waals surface area contributed by atoms with Crippen molar-refractivity contribution in [2.75, 3.05) is 6.61 Å². The Morgan fingerprint density at radius 2 is 1.26 bits per heavy atom. The van der Waals surface area contributed by atoms with E-state index in [0.717, 1.165) is 22.3 Å². The number of benzene rings is 2. The number of hydrogen-bond donors (Lipinski definition) is 2. The Kier molecular flexibility index (Phi) is 13.6. The van der Waals surface area contributed by atoms with Gasteiger partial charge in [0.1, 0.15) is 12.4 Å². The van der Waals surface area contributed by atoms with Crippen LogP contribution in [0.2, 0.25) is 0 Å². The van der Waals surface area contributed by atoms with E-state index in [9.17, 15) is 24.0 Å². The highest BCUT2D eigenvalue weighted by molar-refractivity contribution is 6.09. The first kappa shape index (κ1) is 39.5. The third-order valence-corrected chi connectivity index (χ3v) is 8.09. The number of ketones is 1. The van der Waals surface area contributed by atoms with Gasteiger partial charge in [-0.05, 0) is 71.1 Å². The van der Waals surface area contributed by atoms with Gasteiger partial charge in [-0.2, -0.15) is 0 Å². The van der Waals surface area contributed by atoms with E-state index >= 15 is 4.39 Å². The molecule has 0 saturated carbocycles. The molecule has 10 nitrogen and oxygen atoms in total. The number of carbonyl (C=O) groups excluding carboxylic acids is 1. The zero-order valence-corrected chi connectivity index (χ0v) is 30.7. The number of aryl methyl sites for hydroxylation is 4. The molecule has 0 spiro atoms. The van der Waals surface area contributed by atoms with Gasteiger partial charge in [-0.25, -0.2) is 14.0 Å². The fourth-order valence-electron chi connectivity index (χ4n) is 6.05. The minimum Gasteiger partial charge on any atom is -0.361 e. The summed E-state index contributed by atoms with van der Waals surface area (Å²) in [7, 11) is 0. The van der Waals surface area contributed by atoms with Crippen molar-refractivity contribution in [3.8, 4) is 0 Å². The normalized spacial score (nSPS) is 12.0. The maximum absolute atomic E-state index is 15.5. The van der Waals surface area contributed by atoms with Gasteiger partial charge in [0.2, 0.25) is 5.78 Å². The van der Waals surface area contributed by atoms with Crippen molar-refractivity contribution in [3.63, 3.8) is 0 Å². The van der Waals surface area contributed by atoms with Crippen LogP contribution in [0, 0.1) is 27.7 Å². The summed E-state index contributed by atoms with van der Waals surface area (Å²) in [5, 5.41) is 0. The predicted octanol–water partition coefficient (Wildman–Crippen LogP) is 6.41. The summed E-state index contributed by atoms with van der Waals surface area (Å²) < 4.78 is 23.4. The molecule has 1 atom stereocenters. The van der Waals surface area contributed by atoms with Crippen molar-refractivity contribution in [3.05, 3.63) is 146 Å². The Labute approximate surface area is 291 Å². The molecule has 1 unspecified atom stereocenters. The maximum atomic E-state index is 15.5. The van der Waals surface area contributed by atoms with Crippen molar-refractivity contribution in [2.45, 2.75) is 101 Å². The van der Waals surface area contributed by atoms with Gasteiger partial charge in [0.15, 0.2) is 6.17 Å². The van der Waals surface area contributed by atoms with Gasteiger partial charge in [-0.1, -0.05) is 86.4 Å². The molecule has 2 aromatic carbocycles. The van der Waals surface area contributed by atoms with E-state index in [0.29, 0.717) is 23.3 Å². The number of aromatic nitrogens is 4.